The number of halogens is 1. The Morgan fingerprint density at radius 3 is 2.15 bits per heavy atom. The van der Waals surface area contributed by atoms with Gasteiger partial charge in [0, 0.05) is 19.6 Å². The number of nitrogens with one attached hydrogen (secondary N) is 1. The highest BCUT2D eigenvalue weighted by molar-refractivity contribution is 7.89. The average molecular weight is 429 g/mol. The SMILES string of the molecule is O=S(=O)(NCc1ccc(S(=O)(=O)N2CCCCC2)cc1)c1ccccc1Cl. The molecule has 0 unspecified atom stereocenters. The standard InChI is InChI=1S/C18H21ClN2O4S2/c19-17-6-2-3-7-18(17)26(22,23)20-14-15-8-10-16(11-9-15)27(24,25)21-12-4-1-5-13-21/h2-3,6-11,20H,1,4-5,12-14H2. The molecule has 1 aliphatic rings. The number of sulfonamides is 2. The molecule has 146 valence electrons. The lowest BCUT2D eigenvalue weighted by atomic mass is 10.2. The molecule has 1 saturated heterocycles. The van der Waals surface area contributed by atoms with Crippen LogP contribution in [0.15, 0.2) is 58.3 Å². The lowest BCUT2D eigenvalue weighted by molar-refractivity contribution is 0.346. The van der Waals surface area contributed by atoms with Crippen LogP contribution in [0.2, 0.25) is 5.02 Å². The number of nitrogens with zero attached hydrogens (tertiary/aromatic N) is 1. The molecule has 2 aromatic rings. The van der Waals surface area contributed by atoms with Crippen molar-refractivity contribution in [2.24, 2.45) is 0 Å². The van der Waals surface area contributed by atoms with E-state index in [1.165, 1.54) is 28.6 Å². The minimum atomic E-state index is -3.75. The van der Waals surface area contributed by atoms with E-state index in [4.69, 9.17) is 11.6 Å². The summed E-state index contributed by atoms with van der Waals surface area (Å²) in [6, 6.07) is 12.5. The maximum atomic E-state index is 12.6. The van der Waals surface area contributed by atoms with Crippen molar-refractivity contribution in [2.75, 3.05) is 13.1 Å². The Labute approximate surface area is 165 Å². The van der Waals surface area contributed by atoms with Crippen molar-refractivity contribution in [2.45, 2.75) is 35.6 Å². The lowest BCUT2D eigenvalue weighted by Gasteiger charge is -2.25. The van der Waals surface area contributed by atoms with Crippen LogP contribution in [0.1, 0.15) is 24.8 Å². The Morgan fingerprint density at radius 1 is 0.889 bits per heavy atom. The smallest absolute Gasteiger partial charge is 0.207 e. The molecule has 0 atom stereocenters. The highest BCUT2D eigenvalue weighted by atomic mass is 35.5. The summed E-state index contributed by atoms with van der Waals surface area (Å²) in [5, 5.41) is 0.146. The molecule has 0 saturated carbocycles. The van der Waals surface area contributed by atoms with Crippen LogP contribution in [-0.4, -0.2) is 34.2 Å². The molecule has 0 spiro atoms. The van der Waals surface area contributed by atoms with Gasteiger partial charge in [-0.25, -0.2) is 21.6 Å². The molecular formula is C18H21ClN2O4S2. The molecular weight excluding hydrogens is 408 g/mol. The van der Waals surface area contributed by atoms with Gasteiger partial charge in [0.05, 0.1) is 9.92 Å². The average Bonchev–Trinajstić information content (AvgIpc) is 2.68. The Hall–Kier alpha value is -1.45. The van der Waals surface area contributed by atoms with Gasteiger partial charge >= 0.3 is 0 Å². The van der Waals surface area contributed by atoms with Crippen molar-refractivity contribution in [1.29, 1.82) is 0 Å². The normalized spacial score (nSPS) is 16.3. The second-order valence-electron chi connectivity index (χ2n) is 6.36. The molecule has 0 aromatic heterocycles. The molecule has 0 radical (unpaired) electrons. The van der Waals surface area contributed by atoms with Crippen molar-refractivity contribution in [1.82, 2.24) is 9.03 Å². The van der Waals surface area contributed by atoms with E-state index >= 15 is 0 Å². The summed E-state index contributed by atoms with van der Waals surface area (Å²) < 4.78 is 54.0. The van der Waals surface area contributed by atoms with E-state index in [1.807, 2.05) is 0 Å². The Morgan fingerprint density at radius 2 is 1.52 bits per heavy atom. The van der Waals surface area contributed by atoms with Crippen LogP contribution < -0.4 is 4.72 Å². The van der Waals surface area contributed by atoms with E-state index in [-0.39, 0.29) is 21.4 Å². The van der Waals surface area contributed by atoms with Crippen LogP contribution in [-0.2, 0) is 26.6 Å². The van der Waals surface area contributed by atoms with Gasteiger partial charge in [-0.1, -0.05) is 42.3 Å². The van der Waals surface area contributed by atoms with E-state index in [2.05, 4.69) is 4.72 Å². The van der Waals surface area contributed by atoms with E-state index in [9.17, 15) is 16.8 Å². The van der Waals surface area contributed by atoms with Gasteiger partial charge in [0.1, 0.15) is 4.90 Å². The fraction of sp³-hybridized carbons (Fsp3) is 0.333. The molecule has 0 amide bonds. The zero-order valence-electron chi connectivity index (χ0n) is 14.6. The molecule has 1 fully saturated rings. The fourth-order valence-corrected chi connectivity index (χ4v) is 6.00. The Kier molecular flexibility index (Phi) is 6.22. The van der Waals surface area contributed by atoms with Gasteiger partial charge in [-0.2, -0.15) is 4.31 Å². The van der Waals surface area contributed by atoms with Crippen LogP contribution in [0, 0.1) is 0 Å². The Bertz CT molecular complexity index is 1000. The molecule has 3 rings (SSSR count). The number of rotatable bonds is 6. The fourth-order valence-electron chi connectivity index (χ4n) is 2.95. The molecule has 1 aliphatic heterocycles. The van der Waals surface area contributed by atoms with Gasteiger partial charge in [-0.3, -0.25) is 0 Å². The summed E-state index contributed by atoms with van der Waals surface area (Å²) in [7, 11) is -7.25. The molecule has 9 heteroatoms. The van der Waals surface area contributed by atoms with E-state index in [0.29, 0.717) is 18.7 Å². The van der Waals surface area contributed by atoms with Crippen LogP contribution in [0.3, 0.4) is 0 Å². The van der Waals surface area contributed by atoms with Gasteiger partial charge in [-0.15, -0.1) is 0 Å². The maximum absolute atomic E-state index is 12.6. The highest BCUT2D eigenvalue weighted by Gasteiger charge is 2.25. The van der Waals surface area contributed by atoms with Gasteiger partial charge in [0.15, 0.2) is 0 Å². The second kappa shape index (κ2) is 8.28. The second-order valence-corrected chi connectivity index (χ2v) is 10.4. The Balaban J connectivity index is 1.70. The maximum Gasteiger partial charge on any atom is 0.243 e. The number of hydrogen-bond donors (Lipinski definition) is 1. The third-order valence-electron chi connectivity index (χ3n) is 4.47. The van der Waals surface area contributed by atoms with E-state index in [1.54, 1.807) is 24.3 Å². The number of piperidine rings is 1. The third-order valence-corrected chi connectivity index (χ3v) is 8.28. The predicted octanol–water partition coefficient (Wildman–Crippen LogP) is 2.99. The van der Waals surface area contributed by atoms with Crippen molar-refractivity contribution in [3.63, 3.8) is 0 Å². The molecule has 0 aliphatic carbocycles. The van der Waals surface area contributed by atoms with Crippen molar-refractivity contribution in [3.05, 3.63) is 59.1 Å². The van der Waals surface area contributed by atoms with Gasteiger partial charge < -0.3 is 0 Å². The number of hydrogen-bond acceptors (Lipinski definition) is 4. The molecule has 27 heavy (non-hydrogen) atoms. The first kappa shape index (κ1) is 20.3. The van der Waals surface area contributed by atoms with Gasteiger partial charge in [0.2, 0.25) is 20.0 Å². The molecule has 2 aromatic carbocycles. The molecule has 6 nitrogen and oxygen atoms in total. The summed E-state index contributed by atoms with van der Waals surface area (Å²) in [5.41, 5.74) is 0.656. The summed E-state index contributed by atoms with van der Waals surface area (Å²) in [4.78, 5) is 0.234. The summed E-state index contributed by atoms with van der Waals surface area (Å²) in [5.74, 6) is 0. The molecule has 0 bridgehead atoms. The summed E-state index contributed by atoms with van der Waals surface area (Å²) in [6.07, 6.45) is 2.80. The third kappa shape index (κ3) is 4.70. The zero-order chi connectivity index (χ0) is 19.5. The largest absolute Gasteiger partial charge is 0.243 e. The molecule has 1 N–H and O–H groups in total. The highest BCUT2D eigenvalue weighted by Crippen LogP contribution is 2.22. The number of benzene rings is 2. The first-order valence-corrected chi connectivity index (χ1v) is 11.9. The monoisotopic (exact) mass is 428 g/mol. The van der Waals surface area contributed by atoms with Crippen molar-refractivity contribution < 1.29 is 16.8 Å². The van der Waals surface area contributed by atoms with Gasteiger partial charge in [0.25, 0.3) is 0 Å². The molecule has 1 heterocycles. The van der Waals surface area contributed by atoms with Crippen LogP contribution in [0.4, 0.5) is 0 Å². The van der Waals surface area contributed by atoms with Crippen LogP contribution in [0.25, 0.3) is 0 Å². The summed E-state index contributed by atoms with van der Waals surface area (Å²) in [6.45, 7) is 1.13. The van der Waals surface area contributed by atoms with E-state index < -0.39 is 20.0 Å². The first-order valence-electron chi connectivity index (χ1n) is 8.64. The van der Waals surface area contributed by atoms with Gasteiger partial charge in [-0.05, 0) is 42.7 Å². The van der Waals surface area contributed by atoms with E-state index in [0.717, 1.165) is 19.3 Å². The van der Waals surface area contributed by atoms with Crippen LogP contribution in [0.5, 0.6) is 0 Å². The van der Waals surface area contributed by atoms with Crippen molar-refractivity contribution >= 4 is 31.6 Å². The van der Waals surface area contributed by atoms with Crippen LogP contribution >= 0.6 is 11.6 Å². The lowest BCUT2D eigenvalue weighted by Crippen LogP contribution is -2.35. The van der Waals surface area contributed by atoms with Crippen molar-refractivity contribution in [3.8, 4) is 0 Å². The first-order chi connectivity index (χ1) is 12.8. The minimum Gasteiger partial charge on any atom is -0.207 e. The predicted molar refractivity (Wildman–Crippen MR) is 105 cm³/mol. The zero-order valence-corrected chi connectivity index (χ0v) is 17.0. The quantitative estimate of drug-likeness (QED) is 0.766. The minimum absolute atomic E-state index is 0.0102. The topological polar surface area (TPSA) is 83.5 Å². The summed E-state index contributed by atoms with van der Waals surface area (Å²) >= 11 is 5.94.